The summed E-state index contributed by atoms with van der Waals surface area (Å²) in [7, 11) is 0. The summed E-state index contributed by atoms with van der Waals surface area (Å²) < 4.78 is 13.3. The molecular formula is C15H18FN. The van der Waals surface area contributed by atoms with Crippen molar-refractivity contribution in [2.75, 3.05) is 0 Å². The standard InChI is InChI=1S/C15H18FN/c16-12-2-1-10-6-15(7-11(10)5-12)8-13-3-4-14(9-15)17-13/h1-2,5,13-14,17H,3-4,6-9H2/t13-,14+,15+. The lowest BCUT2D eigenvalue weighted by molar-refractivity contribution is 0.170. The summed E-state index contributed by atoms with van der Waals surface area (Å²) in [6.07, 6.45) is 7.56. The fourth-order valence-electron chi connectivity index (χ4n) is 4.44. The third-order valence-corrected chi connectivity index (χ3v) is 4.99. The first-order valence-electron chi connectivity index (χ1n) is 6.76. The Morgan fingerprint density at radius 3 is 2.53 bits per heavy atom. The Hall–Kier alpha value is -0.890. The van der Waals surface area contributed by atoms with E-state index >= 15 is 0 Å². The van der Waals surface area contributed by atoms with Crippen molar-refractivity contribution in [1.82, 2.24) is 5.32 Å². The molecule has 1 aromatic rings. The van der Waals surface area contributed by atoms with Crippen LogP contribution in [0.25, 0.3) is 0 Å². The molecule has 1 spiro atoms. The van der Waals surface area contributed by atoms with Gasteiger partial charge in [0.25, 0.3) is 0 Å². The molecule has 4 rings (SSSR count). The van der Waals surface area contributed by atoms with Gasteiger partial charge < -0.3 is 5.32 Å². The molecule has 2 fully saturated rings. The second kappa shape index (κ2) is 3.32. The number of hydrogen-bond donors (Lipinski definition) is 1. The normalized spacial score (nSPS) is 38.6. The summed E-state index contributed by atoms with van der Waals surface area (Å²) in [5, 5.41) is 3.71. The van der Waals surface area contributed by atoms with Gasteiger partial charge in [0.15, 0.2) is 0 Å². The zero-order valence-electron chi connectivity index (χ0n) is 10.0. The highest BCUT2D eigenvalue weighted by molar-refractivity contribution is 5.35. The molecule has 0 saturated carbocycles. The van der Waals surface area contributed by atoms with Gasteiger partial charge in [0.05, 0.1) is 0 Å². The van der Waals surface area contributed by atoms with E-state index in [1.54, 1.807) is 12.1 Å². The van der Waals surface area contributed by atoms with Crippen LogP contribution in [0, 0.1) is 11.2 Å². The number of piperidine rings is 1. The quantitative estimate of drug-likeness (QED) is 0.724. The largest absolute Gasteiger partial charge is 0.311 e. The monoisotopic (exact) mass is 231 g/mol. The van der Waals surface area contributed by atoms with Gasteiger partial charge in [-0.1, -0.05) is 6.07 Å². The van der Waals surface area contributed by atoms with Gasteiger partial charge in [-0.15, -0.1) is 0 Å². The van der Waals surface area contributed by atoms with Gasteiger partial charge in [-0.25, -0.2) is 4.39 Å². The minimum atomic E-state index is -0.0716. The number of halogens is 1. The van der Waals surface area contributed by atoms with Gasteiger partial charge >= 0.3 is 0 Å². The van der Waals surface area contributed by atoms with Gasteiger partial charge in [0.2, 0.25) is 0 Å². The molecule has 0 radical (unpaired) electrons. The Morgan fingerprint density at radius 2 is 1.76 bits per heavy atom. The summed E-state index contributed by atoms with van der Waals surface area (Å²) in [6, 6.07) is 6.84. The van der Waals surface area contributed by atoms with E-state index in [4.69, 9.17) is 0 Å². The highest BCUT2D eigenvalue weighted by atomic mass is 19.1. The average Bonchev–Trinajstić information content (AvgIpc) is 2.79. The highest BCUT2D eigenvalue weighted by Crippen LogP contribution is 2.49. The van der Waals surface area contributed by atoms with Gasteiger partial charge in [0.1, 0.15) is 5.82 Å². The fraction of sp³-hybridized carbons (Fsp3) is 0.600. The lowest BCUT2D eigenvalue weighted by Crippen LogP contribution is -2.44. The van der Waals surface area contributed by atoms with Crippen LogP contribution in [-0.4, -0.2) is 12.1 Å². The molecule has 2 saturated heterocycles. The van der Waals surface area contributed by atoms with E-state index in [1.165, 1.54) is 43.2 Å². The first-order chi connectivity index (χ1) is 8.22. The van der Waals surface area contributed by atoms with Crippen LogP contribution in [0.2, 0.25) is 0 Å². The smallest absolute Gasteiger partial charge is 0.123 e. The molecule has 17 heavy (non-hydrogen) atoms. The molecule has 2 heterocycles. The fourth-order valence-corrected chi connectivity index (χ4v) is 4.44. The predicted molar refractivity (Wildman–Crippen MR) is 65.4 cm³/mol. The van der Waals surface area contributed by atoms with Gasteiger partial charge in [-0.3, -0.25) is 0 Å². The van der Waals surface area contributed by atoms with Crippen LogP contribution < -0.4 is 5.32 Å². The second-order valence-electron chi connectivity index (χ2n) is 6.31. The predicted octanol–water partition coefficient (Wildman–Crippen LogP) is 2.83. The Morgan fingerprint density at radius 1 is 1.06 bits per heavy atom. The molecule has 0 aromatic heterocycles. The SMILES string of the molecule is Fc1ccc2c(c1)C[C@@]1(C2)C[C@H]2CC[C@@H](C1)N2. The van der Waals surface area contributed by atoms with Crippen LogP contribution in [0.5, 0.6) is 0 Å². The molecule has 1 N–H and O–H groups in total. The molecule has 1 aliphatic carbocycles. The van der Waals surface area contributed by atoms with E-state index in [9.17, 15) is 4.39 Å². The number of benzene rings is 1. The van der Waals surface area contributed by atoms with E-state index in [-0.39, 0.29) is 5.82 Å². The van der Waals surface area contributed by atoms with Crippen molar-refractivity contribution in [3.8, 4) is 0 Å². The Bertz CT molecular complexity index is 456. The van der Waals surface area contributed by atoms with Crippen molar-refractivity contribution < 1.29 is 4.39 Å². The molecule has 1 aromatic carbocycles. The van der Waals surface area contributed by atoms with Gasteiger partial charge in [-0.2, -0.15) is 0 Å². The van der Waals surface area contributed by atoms with Gasteiger partial charge in [0, 0.05) is 12.1 Å². The Labute approximate surface area is 101 Å². The van der Waals surface area contributed by atoms with Crippen molar-refractivity contribution >= 4 is 0 Å². The molecule has 2 bridgehead atoms. The lowest BCUT2D eigenvalue weighted by atomic mass is 9.73. The molecule has 90 valence electrons. The van der Waals surface area contributed by atoms with Crippen LogP contribution in [0.1, 0.15) is 36.8 Å². The number of hydrogen-bond acceptors (Lipinski definition) is 1. The van der Waals surface area contributed by atoms with Crippen molar-refractivity contribution in [2.24, 2.45) is 5.41 Å². The van der Waals surface area contributed by atoms with E-state index in [0.29, 0.717) is 5.41 Å². The Kier molecular flexibility index (Phi) is 1.97. The van der Waals surface area contributed by atoms with Crippen LogP contribution in [0.3, 0.4) is 0 Å². The summed E-state index contributed by atoms with van der Waals surface area (Å²) in [6.45, 7) is 0. The van der Waals surface area contributed by atoms with Crippen molar-refractivity contribution in [3.05, 3.63) is 35.1 Å². The molecular weight excluding hydrogens is 213 g/mol. The molecule has 3 atom stereocenters. The molecule has 1 nitrogen and oxygen atoms in total. The topological polar surface area (TPSA) is 12.0 Å². The van der Waals surface area contributed by atoms with E-state index in [0.717, 1.165) is 18.5 Å². The summed E-state index contributed by atoms with van der Waals surface area (Å²) in [5.41, 5.74) is 3.12. The molecule has 3 aliphatic rings. The summed E-state index contributed by atoms with van der Waals surface area (Å²) in [4.78, 5) is 0. The molecule has 2 aliphatic heterocycles. The molecule has 2 heteroatoms. The average molecular weight is 231 g/mol. The van der Waals surface area contributed by atoms with E-state index < -0.39 is 0 Å². The minimum absolute atomic E-state index is 0.0716. The van der Waals surface area contributed by atoms with Gasteiger partial charge in [-0.05, 0) is 67.2 Å². The molecule has 0 unspecified atom stereocenters. The summed E-state index contributed by atoms with van der Waals surface area (Å²) in [5.74, 6) is -0.0716. The van der Waals surface area contributed by atoms with Crippen LogP contribution >= 0.6 is 0 Å². The van der Waals surface area contributed by atoms with Crippen LogP contribution in [-0.2, 0) is 12.8 Å². The van der Waals surface area contributed by atoms with Crippen molar-refractivity contribution in [2.45, 2.75) is 50.6 Å². The third kappa shape index (κ3) is 1.54. The van der Waals surface area contributed by atoms with Crippen LogP contribution in [0.4, 0.5) is 4.39 Å². The maximum atomic E-state index is 13.3. The molecule has 0 amide bonds. The maximum absolute atomic E-state index is 13.3. The maximum Gasteiger partial charge on any atom is 0.123 e. The van der Waals surface area contributed by atoms with E-state index in [1.807, 2.05) is 6.07 Å². The number of nitrogens with one attached hydrogen (secondary N) is 1. The second-order valence-corrected chi connectivity index (χ2v) is 6.31. The van der Waals surface area contributed by atoms with Crippen molar-refractivity contribution in [1.29, 1.82) is 0 Å². The van der Waals surface area contributed by atoms with Crippen molar-refractivity contribution in [3.63, 3.8) is 0 Å². The van der Waals surface area contributed by atoms with E-state index in [2.05, 4.69) is 5.32 Å². The number of fused-ring (bicyclic) bond motifs is 3. The lowest BCUT2D eigenvalue weighted by Gasteiger charge is -2.38. The zero-order chi connectivity index (χ0) is 11.5. The van der Waals surface area contributed by atoms with Crippen LogP contribution in [0.15, 0.2) is 18.2 Å². The number of rotatable bonds is 0. The zero-order valence-corrected chi connectivity index (χ0v) is 10.0. The third-order valence-electron chi connectivity index (χ3n) is 4.99. The highest BCUT2D eigenvalue weighted by Gasteiger charge is 2.46. The first kappa shape index (κ1) is 10.1. The summed E-state index contributed by atoms with van der Waals surface area (Å²) >= 11 is 0. The first-order valence-corrected chi connectivity index (χ1v) is 6.76. The minimum Gasteiger partial charge on any atom is -0.311 e. The Balaban J connectivity index is 1.67.